The van der Waals surface area contributed by atoms with Crippen LogP contribution in [0.15, 0.2) is 12.1 Å². The topological polar surface area (TPSA) is 67.9 Å². The Labute approximate surface area is 158 Å². The fraction of sp³-hybridized carbons (Fsp3) is 0.529. The van der Waals surface area contributed by atoms with Crippen LogP contribution in [0.25, 0.3) is 0 Å². The summed E-state index contributed by atoms with van der Waals surface area (Å²) in [4.78, 5) is 25.9. The summed E-state index contributed by atoms with van der Waals surface area (Å²) in [5.41, 5.74) is -0.406. The van der Waals surface area contributed by atoms with Crippen molar-refractivity contribution >= 4 is 35.2 Å². The maximum atomic E-state index is 12.7. The SMILES string of the molecule is COc1c(Cl)ccc(Cl)c1C(=O)N(C)C[C@@H](C)NC(=O)OC(C)(C)C. The van der Waals surface area contributed by atoms with Crippen LogP contribution in [-0.2, 0) is 4.74 Å². The maximum Gasteiger partial charge on any atom is 0.407 e. The third-order valence-corrected chi connectivity index (χ3v) is 3.75. The van der Waals surface area contributed by atoms with E-state index in [-0.39, 0.29) is 34.8 Å². The van der Waals surface area contributed by atoms with E-state index in [2.05, 4.69) is 5.32 Å². The minimum Gasteiger partial charge on any atom is -0.494 e. The van der Waals surface area contributed by atoms with Gasteiger partial charge in [-0.3, -0.25) is 4.79 Å². The van der Waals surface area contributed by atoms with Crippen LogP contribution in [0.5, 0.6) is 5.75 Å². The van der Waals surface area contributed by atoms with Crippen LogP contribution in [0.3, 0.4) is 0 Å². The number of amides is 2. The minimum absolute atomic E-state index is 0.184. The Hall–Kier alpha value is -1.66. The number of hydrogen-bond donors (Lipinski definition) is 1. The number of methoxy groups -OCH3 is 1. The van der Waals surface area contributed by atoms with E-state index in [1.807, 2.05) is 0 Å². The van der Waals surface area contributed by atoms with E-state index in [1.165, 1.54) is 18.1 Å². The zero-order chi connectivity index (χ0) is 19.4. The van der Waals surface area contributed by atoms with Gasteiger partial charge < -0.3 is 19.7 Å². The number of alkyl carbamates (subject to hydrolysis) is 1. The largest absolute Gasteiger partial charge is 0.494 e. The van der Waals surface area contributed by atoms with Crippen molar-refractivity contribution in [3.05, 3.63) is 27.7 Å². The molecule has 0 saturated carbocycles. The van der Waals surface area contributed by atoms with E-state index >= 15 is 0 Å². The monoisotopic (exact) mass is 390 g/mol. The van der Waals surface area contributed by atoms with E-state index in [9.17, 15) is 9.59 Å². The lowest BCUT2D eigenvalue weighted by atomic mass is 10.1. The molecule has 1 atom stereocenters. The Morgan fingerprint density at radius 2 is 1.80 bits per heavy atom. The first-order valence-electron chi connectivity index (χ1n) is 7.73. The van der Waals surface area contributed by atoms with Gasteiger partial charge in [0.25, 0.3) is 5.91 Å². The van der Waals surface area contributed by atoms with E-state index in [1.54, 1.807) is 40.8 Å². The van der Waals surface area contributed by atoms with Crippen LogP contribution in [0.4, 0.5) is 4.79 Å². The lowest BCUT2D eigenvalue weighted by molar-refractivity contribution is 0.0491. The predicted molar refractivity (Wildman–Crippen MR) is 98.8 cm³/mol. The molecule has 0 aliphatic rings. The molecule has 0 heterocycles. The Bertz CT molecular complexity index is 644. The highest BCUT2D eigenvalue weighted by Crippen LogP contribution is 2.34. The van der Waals surface area contributed by atoms with E-state index in [0.717, 1.165) is 0 Å². The van der Waals surface area contributed by atoms with Gasteiger partial charge in [0.15, 0.2) is 5.75 Å². The molecule has 0 radical (unpaired) electrons. The summed E-state index contributed by atoms with van der Waals surface area (Å²) >= 11 is 12.2. The molecule has 0 aromatic heterocycles. The molecule has 0 aliphatic heterocycles. The number of ether oxygens (including phenoxy) is 2. The number of carbonyl (C=O) groups is 2. The quantitative estimate of drug-likeness (QED) is 0.824. The molecule has 0 unspecified atom stereocenters. The van der Waals surface area contributed by atoms with Crippen LogP contribution in [0, 0.1) is 0 Å². The number of halogens is 2. The number of nitrogens with one attached hydrogen (secondary N) is 1. The smallest absolute Gasteiger partial charge is 0.407 e. The third-order valence-electron chi connectivity index (χ3n) is 3.13. The second-order valence-electron chi connectivity index (χ2n) is 6.67. The van der Waals surface area contributed by atoms with Crippen molar-refractivity contribution < 1.29 is 19.1 Å². The molecule has 6 nitrogen and oxygen atoms in total. The van der Waals surface area contributed by atoms with Gasteiger partial charge in [-0.25, -0.2) is 4.79 Å². The highest BCUT2D eigenvalue weighted by molar-refractivity contribution is 6.37. The Morgan fingerprint density at radius 3 is 2.32 bits per heavy atom. The Morgan fingerprint density at radius 1 is 1.24 bits per heavy atom. The average molecular weight is 391 g/mol. The van der Waals surface area contributed by atoms with Crippen molar-refractivity contribution in [2.24, 2.45) is 0 Å². The van der Waals surface area contributed by atoms with Crippen LogP contribution < -0.4 is 10.1 Å². The molecule has 0 aliphatic carbocycles. The number of benzene rings is 1. The molecule has 2 amide bonds. The van der Waals surface area contributed by atoms with Crippen molar-refractivity contribution in [2.75, 3.05) is 20.7 Å². The average Bonchev–Trinajstić information content (AvgIpc) is 2.46. The summed E-state index contributed by atoms with van der Waals surface area (Å²) in [5.74, 6) is -0.138. The second kappa shape index (κ2) is 8.63. The molecule has 1 rings (SSSR count). The van der Waals surface area contributed by atoms with Gasteiger partial charge in [-0.15, -0.1) is 0 Å². The van der Waals surface area contributed by atoms with Gasteiger partial charge in [0, 0.05) is 19.6 Å². The van der Waals surface area contributed by atoms with Gasteiger partial charge >= 0.3 is 6.09 Å². The maximum absolute atomic E-state index is 12.7. The summed E-state index contributed by atoms with van der Waals surface area (Å²) in [5, 5.41) is 3.22. The summed E-state index contributed by atoms with van der Waals surface area (Å²) in [6.07, 6.45) is -0.542. The highest BCUT2D eigenvalue weighted by Gasteiger charge is 2.24. The molecule has 8 heteroatoms. The molecule has 0 saturated heterocycles. The first kappa shape index (κ1) is 21.4. The van der Waals surface area contributed by atoms with Crippen LogP contribution >= 0.6 is 23.2 Å². The molecular formula is C17H24Cl2N2O4. The highest BCUT2D eigenvalue weighted by atomic mass is 35.5. The number of nitrogens with zero attached hydrogens (tertiary/aromatic N) is 1. The first-order valence-corrected chi connectivity index (χ1v) is 8.48. The van der Waals surface area contributed by atoms with Gasteiger partial charge in [-0.1, -0.05) is 23.2 Å². The molecule has 1 N–H and O–H groups in total. The molecule has 0 bridgehead atoms. The first-order chi connectivity index (χ1) is 11.5. The van der Waals surface area contributed by atoms with E-state index in [0.29, 0.717) is 5.02 Å². The molecule has 0 spiro atoms. The van der Waals surface area contributed by atoms with Gasteiger partial charge in [-0.2, -0.15) is 0 Å². The van der Waals surface area contributed by atoms with Crippen molar-refractivity contribution in [1.82, 2.24) is 10.2 Å². The van der Waals surface area contributed by atoms with Crippen molar-refractivity contribution in [2.45, 2.75) is 39.3 Å². The predicted octanol–water partition coefficient (Wildman–Crippen LogP) is 3.99. The number of rotatable bonds is 5. The fourth-order valence-corrected chi connectivity index (χ4v) is 2.64. The molecular weight excluding hydrogens is 367 g/mol. The van der Waals surface area contributed by atoms with Crippen LogP contribution in [0.1, 0.15) is 38.1 Å². The number of likely N-dealkylation sites (N-methyl/N-ethyl adjacent to an activating group) is 1. The zero-order valence-corrected chi connectivity index (χ0v) is 16.8. The number of hydrogen-bond acceptors (Lipinski definition) is 4. The lowest BCUT2D eigenvalue weighted by Crippen LogP contribution is -2.44. The third kappa shape index (κ3) is 6.29. The van der Waals surface area contributed by atoms with Gasteiger partial charge in [0.2, 0.25) is 0 Å². The molecule has 1 aromatic carbocycles. The zero-order valence-electron chi connectivity index (χ0n) is 15.3. The Kier molecular flexibility index (Phi) is 7.38. The second-order valence-corrected chi connectivity index (χ2v) is 7.48. The lowest BCUT2D eigenvalue weighted by Gasteiger charge is -2.25. The standard InChI is InChI=1S/C17H24Cl2N2O4/c1-10(20-16(23)25-17(2,3)4)9-21(5)15(22)13-11(18)7-8-12(19)14(13)24-6/h7-8,10H,9H2,1-6H3,(H,20,23)/t10-/m1/s1. The molecule has 0 fully saturated rings. The summed E-state index contributed by atoms with van der Waals surface area (Å²) in [6, 6.07) is 2.77. The van der Waals surface area contributed by atoms with Gasteiger partial charge in [0.05, 0.1) is 17.2 Å². The van der Waals surface area contributed by atoms with Crippen LogP contribution in [-0.4, -0.2) is 49.2 Å². The summed E-state index contributed by atoms with van der Waals surface area (Å²) < 4.78 is 10.4. The summed E-state index contributed by atoms with van der Waals surface area (Å²) in [6.45, 7) is 7.36. The van der Waals surface area contributed by atoms with Crippen LogP contribution in [0.2, 0.25) is 10.0 Å². The van der Waals surface area contributed by atoms with Gasteiger partial charge in [-0.05, 0) is 39.8 Å². The minimum atomic E-state index is -0.590. The van der Waals surface area contributed by atoms with Gasteiger partial charge in [0.1, 0.15) is 11.2 Å². The molecule has 1 aromatic rings. The van der Waals surface area contributed by atoms with E-state index in [4.69, 9.17) is 32.7 Å². The summed E-state index contributed by atoms with van der Waals surface area (Å²) in [7, 11) is 3.02. The van der Waals surface area contributed by atoms with Crippen molar-refractivity contribution in [1.29, 1.82) is 0 Å². The normalized spacial score (nSPS) is 12.3. The fourth-order valence-electron chi connectivity index (χ4n) is 2.17. The molecule has 25 heavy (non-hydrogen) atoms. The van der Waals surface area contributed by atoms with E-state index < -0.39 is 11.7 Å². The van der Waals surface area contributed by atoms with Crippen molar-refractivity contribution in [3.8, 4) is 5.75 Å². The van der Waals surface area contributed by atoms with Crippen molar-refractivity contribution in [3.63, 3.8) is 0 Å². The number of carbonyl (C=O) groups excluding carboxylic acids is 2. The Balaban J connectivity index is 2.81. The molecule has 140 valence electrons.